The number of fused-ring (bicyclic) bond motifs is 3. The van der Waals surface area contributed by atoms with E-state index in [0.29, 0.717) is 24.3 Å². The molecule has 2 heterocycles. The lowest BCUT2D eigenvalue weighted by Gasteiger charge is -2.10. The zero-order chi connectivity index (χ0) is 21.1. The first-order valence-corrected chi connectivity index (χ1v) is 10.9. The molecule has 0 radical (unpaired) electrons. The Balaban J connectivity index is 1.52. The number of thioether (sulfide) groups is 1. The summed E-state index contributed by atoms with van der Waals surface area (Å²) in [4.78, 5) is 12.8. The van der Waals surface area contributed by atoms with Crippen molar-refractivity contribution >= 4 is 28.4 Å². The first kappa shape index (κ1) is 20.2. The van der Waals surface area contributed by atoms with E-state index in [1.165, 1.54) is 11.1 Å². The van der Waals surface area contributed by atoms with E-state index in [4.69, 9.17) is 4.74 Å². The summed E-state index contributed by atoms with van der Waals surface area (Å²) in [6.07, 6.45) is 2.57. The maximum absolute atomic E-state index is 12.8. The van der Waals surface area contributed by atoms with Gasteiger partial charge in [0.1, 0.15) is 5.75 Å². The van der Waals surface area contributed by atoms with Crippen molar-refractivity contribution in [2.45, 2.75) is 32.0 Å². The number of aryl methyl sites for hydroxylation is 2. The Labute approximate surface area is 179 Å². The fourth-order valence-electron chi connectivity index (χ4n) is 3.55. The molecule has 2 aromatic carbocycles. The SMILES string of the molecule is C=CCn1c(=O)c2ccccc2n2c(SCCCOc3cc(C)cc(C)c3)nnc12. The number of para-hydroxylation sites is 1. The summed E-state index contributed by atoms with van der Waals surface area (Å²) in [5, 5.41) is 10.1. The smallest absolute Gasteiger partial charge is 0.263 e. The number of nitrogens with zero attached hydrogens (tertiary/aromatic N) is 4. The maximum atomic E-state index is 12.8. The Hall–Kier alpha value is -3.06. The molecule has 30 heavy (non-hydrogen) atoms. The van der Waals surface area contributed by atoms with Gasteiger partial charge >= 0.3 is 0 Å². The molecule has 0 atom stereocenters. The molecule has 0 aliphatic heterocycles. The Morgan fingerprint density at radius 1 is 1.13 bits per heavy atom. The van der Waals surface area contributed by atoms with Gasteiger partial charge in [-0.05, 0) is 55.7 Å². The van der Waals surface area contributed by atoms with Crippen molar-refractivity contribution in [1.29, 1.82) is 0 Å². The van der Waals surface area contributed by atoms with E-state index >= 15 is 0 Å². The molecule has 154 valence electrons. The summed E-state index contributed by atoms with van der Waals surface area (Å²) in [6, 6.07) is 13.8. The van der Waals surface area contributed by atoms with Gasteiger partial charge < -0.3 is 4.74 Å². The van der Waals surface area contributed by atoms with Crippen LogP contribution in [0.5, 0.6) is 5.75 Å². The van der Waals surface area contributed by atoms with Crippen LogP contribution in [0.15, 0.2) is 65.1 Å². The van der Waals surface area contributed by atoms with Gasteiger partial charge in [0.15, 0.2) is 5.16 Å². The first-order valence-electron chi connectivity index (χ1n) is 9.90. The minimum atomic E-state index is -0.0798. The van der Waals surface area contributed by atoms with E-state index in [1.807, 2.05) is 28.7 Å². The van der Waals surface area contributed by atoms with E-state index in [2.05, 4.69) is 48.8 Å². The molecule has 0 unspecified atom stereocenters. The van der Waals surface area contributed by atoms with Crippen molar-refractivity contribution in [2.24, 2.45) is 0 Å². The highest BCUT2D eigenvalue weighted by Crippen LogP contribution is 2.22. The highest BCUT2D eigenvalue weighted by Gasteiger charge is 2.15. The van der Waals surface area contributed by atoms with Crippen molar-refractivity contribution in [2.75, 3.05) is 12.4 Å². The van der Waals surface area contributed by atoms with Crippen LogP contribution in [0.1, 0.15) is 17.5 Å². The average Bonchev–Trinajstić information content (AvgIpc) is 3.14. The molecule has 0 fully saturated rings. The Kier molecular flexibility index (Phi) is 5.90. The third kappa shape index (κ3) is 3.98. The topological polar surface area (TPSA) is 61.4 Å². The van der Waals surface area contributed by atoms with Gasteiger partial charge in [0, 0.05) is 12.3 Å². The highest BCUT2D eigenvalue weighted by atomic mass is 32.2. The average molecular weight is 421 g/mol. The zero-order valence-electron chi connectivity index (χ0n) is 17.2. The van der Waals surface area contributed by atoms with Crippen LogP contribution >= 0.6 is 11.8 Å². The molecule has 0 aliphatic carbocycles. The van der Waals surface area contributed by atoms with Crippen LogP contribution in [0.25, 0.3) is 16.7 Å². The van der Waals surface area contributed by atoms with Crippen molar-refractivity contribution in [3.05, 3.63) is 76.6 Å². The fourth-order valence-corrected chi connectivity index (χ4v) is 4.40. The van der Waals surface area contributed by atoms with Crippen molar-refractivity contribution < 1.29 is 4.74 Å². The summed E-state index contributed by atoms with van der Waals surface area (Å²) in [5.41, 5.74) is 3.14. The lowest BCUT2D eigenvalue weighted by Crippen LogP contribution is -2.22. The van der Waals surface area contributed by atoms with E-state index in [0.717, 1.165) is 28.6 Å². The van der Waals surface area contributed by atoms with Crippen molar-refractivity contribution in [3.8, 4) is 5.75 Å². The minimum absolute atomic E-state index is 0.0798. The van der Waals surface area contributed by atoms with Crippen molar-refractivity contribution in [1.82, 2.24) is 19.2 Å². The van der Waals surface area contributed by atoms with Crippen LogP contribution in [-0.4, -0.2) is 31.5 Å². The van der Waals surface area contributed by atoms with Crippen LogP contribution in [-0.2, 0) is 6.54 Å². The zero-order valence-corrected chi connectivity index (χ0v) is 18.0. The monoisotopic (exact) mass is 420 g/mol. The molecule has 4 rings (SSSR count). The molecule has 2 aromatic heterocycles. The normalized spacial score (nSPS) is 11.3. The highest BCUT2D eigenvalue weighted by molar-refractivity contribution is 7.99. The number of allylic oxidation sites excluding steroid dienone is 1. The summed E-state index contributed by atoms with van der Waals surface area (Å²) >= 11 is 1.61. The quantitative estimate of drug-likeness (QED) is 0.240. The van der Waals surface area contributed by atoms with Gasteiger partial charge in [-0.2, -0.15) is 0 Å². The van der Waals surface area contributed by atoms with Crippen LogP contribution in [0.4, 0.5) is 0 Å². The van der Waals surface area contributed by atoms with E-state index < -0.39 is 0 Å². The molecule has 0 bridgehead atoms. The molecule has 0 amide bonds. The molecule has 0 N–H and O–H groups in total. The largest absolute Gasteiger partial charge is 0.494 e. The second kappa shape index (κ2) is 8.75. The summed E-state index contributed by atoms with van der Waals surface area (Å²) in [5.74, 6) is 2.28. The number of rotatable bonds is 8. The molecule has 0 aliphatic rings. The van der Waals surface area contributed by atoms with Gasteiger partial charge in [-0.15, -0.1) is 16.8 Å². The first-order chi connectivity index (χ1) is 14.6. The van der Waals surface area contributed by atoms with Gasteiger partial charge in [0.25, 0.3) is 5.56 Å². The molecule has 7 heteroatoms. The van der Waals surface area contributed by atoms with E-state index in [1.54, 1.807) is 22.4 Å². The maximum Gasteiger partial charge on any atom is 0.263 e. The van der Waals surface area contributed by atoms with Gasteiger partial charge in [0.05, 0.1) is 17.5 Å². The molecule has 0 spiro atoms. The van der Waals surface area contributed by atoms with Gasteiger partial charge in [-0.3, -0.25) is 13.8 Å². The Morgan fingerprint density at radius 2 is 1.90 bits per heavy atom. The van der Waals surface area contributed by atoms with Crippen molar-refractivity contribution in [3.63, 3.8) is 0 Å². The molecule has 0 saturated heterocycles. The lowest BCUT2D eigenvalue weighted by molar-refractivity contribution is 0.318. The van der Waals surface area contributed by atoms with E-state index in [9.17, 15) is 4.79 Å². The van der Waals surface area contributed by atoms with Crippen LogP contribution in [0.3, 0.4) is 0 Å². The van der Waals surface area contributed by atoms with Gasteiger partial charge in [-0.1, -0.05) is 36.0 Å². The fraction of sp³-hybridized carbons (Fsp3) is 0.261. The van der Waals surface area contributed by atoms with Gasteiger partial charge in [-0.25, -0.2) is 0 Å². The Bertz CT molecular complexity index is 1260. The predicted octanol–water partition coefficient (Wildman–Crippen LogP) is 4.41. The lowest BCUT2D eigenvalue weighted by atomic mass is 10.1. The van der Waals surface area contributed by atoms with Crippen LogP contribution < -0.4 is 10.3 Å². The minimum Gasteiger partial charge on any atom is -0.494 e. The second-order valence-electron chi connectivity index (χ2n) is 7.21. The molecule has 6 nitrogen and oxygen atoms in total. The number of hydrogen-bond acceptors (Lipinski definition) is 5. The van der Waals surface area contributed by atoms with Crippen LogP contribution in [0, 0.1) is 13.8 Å². The number of benzene rings is 2. The molecule has 4 aromatic rings. The number of ether oxygens (including phenoxy) is 1. The molecular weight excluding hydrogens is 396 g/mol. The Morgan fingerprint density at radius 3 is 2.67 bits per heavy atom. The molecule has 0 saturated carbocycles. The third-order valence-electron chi connectivity index (χ3n) is 4.77. The number of aromatic nitrogens is 4. The second-order valence-corrected chi connectivity index (χ2v) is 8.28. The van der Waals surface area contributed by atoms with Crippen LogP contribution in [0.2, 0.25) is 0 Å². The summed E-state index contributed by atoms with van der Waals surface area (Å²) in [6.45, 7) is 8.93. The summed E-state index contributed by atoms with van der Waals surface area (Å²) < 4.78 is 9.46. The number of hydrogen-bond donors (Lipinski definition) is 0. The standard InChI is InChI=1S/C23H24N4O2S/c1-4-10-26-21(28)19-8-5-6-9-20(19)27-22(26)24-25-23(27)30-12-7-11-29-18-14-16(2)13-17(3)15-18/h4-6,8-9,13-15H,1,7,10-12H2,2-3H3. The van der Waals surface area contributed by atoms with Gasteiger partial charge in [0.2, 0.25) is 5.78 Å². The van der Waals surface area contributed by atoms with E-state index in [-0.39, 0.29) is 5.56 Å². The predicted molar refractivity (Wildman–Crippen MR) is 122 cm³/mol. The third-order valence-corrected chi connectivity index (χ3v) is 5.79. The molecular formula is C23H24N4O2S. The summed E-state index contributed by atoms with van der Waals surface area (Å²) in [7, 11) is 0.